The van der Waals surface area contributed by atoms with Crippen molar-refractivity contribution in [2.24, 2.45) is 0 Å². The highest BCUT2D eigenvalue weighted by molar-refractivity contribution is 5.75. The quantitative estimate of drug-likeness (QED) is 0.774. The smallest absolute Gasteiger partial charge is 0.158 e. The summed E-state index contributed by atoms with van der Waals surface area (Å²) in [6, 6.07) is 12.4. The Morgan fingerprint density at radius 3 is 2.74 bits per heavy atom. The van der Waals surface area contributed by atoms with E-state index in [1.165, 1.54) is 11.1 Å². The van der Waals surface area contributed by atoms with Gasteiger partial charge >= 0.3 is 0 Å². The molecule has 0 spiro atoms. The number of fused-ring (bicyclic) bond motifs is 1. The minimum absolute atomic E-state index is 0.753. The molecule has 0 unspecified atom stereocenters. The maximum Gasteiger partial charge on any atom is 0.158 e. The number of hydrogen-bond donors (Lipinski definition) is 1. The fourth-order valence-electron chi connectivity index (χ4n) is 2.19. The number of aromatic nitrogens is 3. The van der Waals surface area contributed by atoms with Gasteiger partial charge in [-0.05, 0) is 24.2 Å². The summed E-state index contributed by atoms with van der Waals surface area (Å²) in [5.74, 6) is 0. The van der Waals surface area contributed by atoms with Gasteiger partial charge in [0.25, 0.3) is 0 Å². The van der Waals surface area contributed by atoms with E-state index in [9.17, 15) is 0 Å². The summed E-state index contributed by atoms with van der Waals surface area (Å²) in [6.07, 6.45) is 3.78. The van der Waals surface area contributed by atoms with Gasteiger partial charge < -0.3 is 5.32 Å². The number of rotatable bonds is 4. The molecule has 0 aliphatic rings. The standard InChI is InChI=1S/C15H16N4/c1-16-8-13-7-14-10-18-19(15(14)17-9-13)11-12-5-3-2-4-6-12/h2-7,9-10,16H,8,11H2,1H3. The Kier molecular flexibility index (Phi) is 3.25. The summed E-state index contributed by atoms with van der Waals surface area (Å²) < 4.78 is 1.94. The van der Waals surface area contributed by atoms with Gasteiger partial charge in [-0.1, -0.05) is 30.3 Å². The van der Waals surface area contributed by atoms with Crippen LogP contribution in [0.25, 0.3) is 11.0 Å². The summed E-state index contributed by atoms with van der Waals surface area (Å²) in [5.41, 5.74) is 3.34. The van der Waals surface area contributed by atoms with Gasteiger partial charge in [0.1, 0.15) is 0 Å². The molecule has 0 bridgehead atoms. The summed E-state index contributed by atoms with van der Waals surface area (Å²) in [4.78, 5) is 4.52. The van der Waals surface area contributed by atoms with Crippen LogP contribution in [0.1, 0.15) is 11.1 Å². The normalized spacial score (nSPS) is 11.0. The van der Waals surface area contributed by atoms with Crippen molar-refractivity contribution >= 4 is 11.0 Å². The highest BCUT2D eigenvalue weighted by atomic mass is 15.3. The zero-order valence-electron chi connectivity index (χ0n) is 10.9. The lowest BCUT2D eigenvalue weighted by Crippen LogP contribution is -2.06. The average Bonchev–Trinajstić information content (AvgIpc) is 2.83. The molecule has 3 aromatic rings. The van der Waals surface area contributed by atoms with Crippen LogP contribution in [0.15, 0.2) is 48.8 Å². The molecule has 0 atom stereocenters. The molecule has 0 aliphatic carbocycles. The van der Waals surface area contributed by atoms with Gasteiger partial charge in [-0.25, -0.2) is 9.67 Å². The monoisotopic (exact) mass is 252 g/mol. The molecule has 19 heavy (non-hydrogen) atoms. The fraction of sp³-hybridized carbons (Fsp3) is 0.200. The van der Waals surface area contributed by atoms with Crippen LogP contribution in [0, 0.1) is 0 Å². The van der Waals surface area contributed by atoms with Crippen LogP contribution >= 0.6 is 0 Å². The van der Waals surface area contributed by atoms with E-state index < -0.39 is 0 Å². The molecule has 4 nitrogen and oxygen atoms in total. The predicted octanol–water partition coefficient (Wildman–Crippen LogP) is 2.20. The zero-order chi connectivity index (χ0) is 13.1. The first-order chi connectivity index (χ1) is 9.36. The van der Waals surface area contributed by atoms with Gasteiger partial charge in [0.2, 0.25) is 0 Å². The van der Waals surface area contributed by atoms with Crippen molar-refractivity contribution in [1.29, 1.82) is 0 Å². The molecule has 96 valence electrons. The number of hydrogen-bond acceptors (Lipinski definition) is 3. The average molecular weight is 252 g/mol. The zero-order valence-corrected chi connectivity index (χ0v) is 10.9. The Morgan fingerprint density at radius 1 is 1.11 bits per heavy atom. The van der Waals surface area contributed by atoms with Crippen LogP contribution in [0.5, 0.6) is 0 Å². The van der Waals surface area contributed by atoms with Crippen molar-refractivity contribution in [3.63, 3.8) is 0 Å². The highest BCUT2D eigenvalue weighted by Gasteiger charge is 2.05. The first kappa shape index (κ1) is 11.9. The lowest BCUT2D eigenvalue weighted by Gasteiger charge is -2.04. The molecular formula is C15H16N4. The van der Waals surface area contributed by atoms with E-state index in [-0.39, 0.29) is 0 Å². The van der Waals surface area contributed by atoms with Crippen molar-refractivity contribution in [2.45, 2.75) is 13.1 Å². The van der Waals surface area contributed by atoms with Crippen molar-refractivity contribution < 1.29 is 0 Å². The number of benzene rings is 1. The van der Waals surface area contributed by atoms with E-state index in [4.69, 9.17) is 0 Å². The van der Waals surface area contributed by atoms with Gasteiger partial charge in [-0.2, -0.15) is 5.10 Å². The van der Waals surface area contributed by atoms with E-state index >= 15 is 0 Å². The number of nitrogens with zero attached hydrogens (tertiary/aromatic N) is 3. The molecule has 4 heteroatoms. The molecule has 0 saturated heterocycles. The van der Waals surface area contributed by atoms with E-state index in [1.54, 1.807) is 0 Å². The SMILES string of the molecule is CNCc1cnc2c(cnn2Cc2ccccc2)c1. The van der Waals surface area contributed by atoms with Gasteiger partial charge in [0.05, 0.1) is 12.7 Å². The van der Waals surface area contributed by atoms with Crippen LogP contribution in [-0.2, 0) is 13.1 Å². The fourth-order valence-corrected chi connectivity index (χ4v) is 2.19. The summed E-state index contributed by atoms with van der Waals surface area (Å²) in [5, 5.41) is 8.64. The molecule has 2 heterocycles. The van der Waals surface area contributed by atoms with E-state index in [1.807, 2.05) is 42.3 Å². The molecule has 0 saturated carbocycles. The van der Waals surface area contributed by atoms with E-state index in [0.717, 1.165) is 24.1 Å². The molecule has 0 aliphatic heterocycles. The van der Waals surface area contributed by atoms with Crippen LogP contribution in [-0.4, -0.2) is 21.8 Å². The Morgan fingerprint density at radius 2 is 1.95 bits per heavy atom. The first-order valence-corrected chi connectivity index (χ1v) is 6.36. The van der Waals surface area contributed by atoms with Crippen molar-refractivity contribution in [3.05, 3.63) is 59.9 Å². The van der Waals surface area contributed by atoms with Gasteiger partial charge in [0.15, 0.2) is 5.65 Å². The Bertz CT molecular complexity index is 673. The van der Waals surface area contributed by atoms with Crippen molar-refractivity contribution in [1.82, 2.24) is 20.1 Å². The van der Waals surface area contributed by atoms with Crippen LogP contribution in [0.2, 0.25) is 0 Å². The molecule has 0 radical (unpaired) electrons. The van der Waals surface area contributed by atoms with Gasteiger partial charge in [0, 0.05) is 18.1 Å². The molecule has 1 aromatic carbocycles. The second-order valence-electron chi connectivity index (χ2n) is 4.57. The Labute approximate surface area is 112 Å². The highest BCUT2D eigenvalue weighted by Crippen LogP contribution is 2.14. The van der Waals surface area contributed by atoms with Crippen molar-refractivity contribution in [2.75, 3.05) is 7.05 Å². The summed E-state index contributed by atoms with van der Waals surface area (Å²) in [6.45, 7) is 1.58. The summed E-state index contributed by atoms with van der Waals surface area (Å²) >= 11 is 0. The predicted molar refractivity (Wildman–Crippen MR) is 75.8 cm³/mol. The maximum absolute atomic E-state index is 4.52. The first-order valence-electron chi connectivity index (χ1n) is 6.36. The van der Waals surface area contributed by atoms with Crippen LogP contribution in [0.3, 0.4) is 0 Å². The Hall–Kier alpha value is -2.20. The molecule has 0 amide bonds. The molecule has 1 N–H and O–H groups in total. The lowest BCUT2D eigenvalue weighted by atomic mass is 10.2. The third kappa shape index (κ3) is 2.48. The molecular weight excluding hydrogens is 236 g/mol. The van der Waals surface area contributed by atoms with Gasteiger partial charge in [-0.15, -0.1) is 0 Å². The number of nitrogens with one attached hydrogen (secondary N) is 1. The molecule has 0 fully saturated rings. The Balaban J connectivity index is 1.93. The molecule has 3 rings (SSSR count). The topological polar surface area (TPSA) is 42.7 Å². The van der Waals surface area contributed by atoms with E-state index in [2.05, 4.69) is 33.6 Å². The maximum atomic E-state index is 4.52. The third-order valence-electron chi connectivity index (χ3n) is 3.09. The minimum atomic E-state index is 0.753. The second kappa shape index (κ2) is 5.20. The van der Waals surface area contributed by atoms with Crippen LogP contribution in [0.4, 0.5) is 0 Å². The minimum Gasteiger partial charge on any atom is -0.316 e. The van der Waals surface area contributed by atoms with Crippen molar-refractivity contribution in [3.8, 4) is 0 Å². The lowest BCUT2D eigenvalue weighted by molar-refractivity contribution is 0.703. The third-order valence-corrected chi connectivity index (χ3v) is 3.09. The van der Waals surface area contributed by atoms with Crippen LogP contribution < -0.4 is 5.32 Å². The van der Waals surface area contributed by atoms with E-state index in [0.29, 0.717) is 0 Å². The number of pyridine rings is 1. The largest absolute Gasteiger partial charge is 0.316 e. The van der Waals surface area contributed by atoms with Gasteiger partial charge in [-0.3, -0.25) is 0 Å². The molecule has 2 aromatic heterocycles. The summed E-state index contributed by atoms with van der Waals surface area (Å²) in [7, 11) is 1.93. The second-order valence-corrected chi connectivity index (χ2v) is 4.57.